The first-order valence-corrected chi connectivity index (χ1v) is 12.8. The van der Waals surface area contributed by atoms with Gasteiger partial charge in [-0.25, -0.2) is 23.4 Å². The van der Waals surface area contributed by atoms with Crippen LogP contribution in [0.2, 0.25) is 0 Å². The number of benzene rings is 3. The van der Waals surface area contributed by atoms with Crippen LogP contribution < -0.4 is 4.90 Å². The Balaban J connectivity index is 1.35. The van der Waals surface area contributed by atoms with E-state index in [2.05, 4.69) is 4.90 Å². The molecule has 0 aliphatic carbocycles. The van der Waals surface area contributed by atoms with Gasteiger partial charge in [-0.1, -0.05) is 30.3 Å². The zero-order valence-corrected chi connectivity index (χ0v) is 21.4. The molecule has 0 saturated carbocycles. The average molecular weight is 525 g/mol. The molecule has 0 atom stereocenters. The highest BCUT2D eigenvalue weighted by Gasteiger charge is 2.27. The van der Waals surface area contributed by atoms with Gasteiger partial charge in [-0.15, -0.1) is 0 Å². The molecule has 0 radical (unpaired) electrons. The maximum atomic E-state index is 13.6. The van der Waals surface area contributed by atoms with Crippen molar-refractivity contribution >= 4 is 22.8 Å². The fourth-order valence-corrected chi connectivity index (χ4v) is 4.95. The van der Waals surface area contributed by atoms with Gasteiger partial charge in [0.15, 0.2) is 5.65 Å². The molecule has 1 saturated heterocycles. The van der Waals surface area contributed by atoms with Crippen molar-refractivity contribution < 1.29 is 13.6 Å². The Kier molecular flexibility index (Phi) is 6.48. The van der Waals surface area contributed by atoms with Crippen molar-refractivity contribution in [2.75, 3.05) is 31.1 Å². The number of nitrogens with zero attached hydrogens (tertiary/aromatic N) is 6. The summed E-state index contributed by atoms with van der Waals surface area (Å²) < 4.78 is 28.7. The van der Waals surface area contributed by atoms with Crippen molar-refractivity contribution in [2.24, 2.45) is 0 Å². The third-order valence-corrected chi connectivity index (χ3v) is 6.96. The summed E-state index contributed by atoms with van der Waals surface area (Å²) in [7, 11) is 0. The second kappa shape index (κ2) is 10.2. The van der Waals surface area contributed by atoms with Gasteiger partial charge in [-0.2, -0.15) is 5.10 Å². The van der Waals surface area contributed by atoms with Crippen LogP contribution in [-0.4, -0.2) is 56.7 Å². The molecule has 1 aliphatic rings. The van der Waals surface area contributed by atoms with Gasteiger partial charge in [-0.05, 0) is 61.0 Å². The van der Waals surface area contributed by atoms with Crippen LogP contribution in [-0.2, 0) is 6.42 Å². The molecule has 0 spiro atoms. The molecule has 6 rings (SSSR count). The summed E-state index contributed by atoms with van der Waals surface area (Å²) in [6.45, 7) is 4.07. The van der Waals surface area contributed by atoms with Gasteiger partial charge < -0.3 is 9.80 Å². The Morgan fingerprint density at radius 2 is 1.46 bits per heavy atom. The third-order valence-electron chi connectivity index (χ3n) is 6.96. The zero-order chi connectivity index (χ0) is 26.9. The van der Waals surface area contributed by atoms with Crippen LogP contribution in [0.1, 0.15) is 27.4 Å². The highest BCUT2D eigenvalue weighted by Crippen LogP contribution is 2.30. The van der Waals surface area contributed by atoms with E-state index in [9.17, 15) is 13.6 Å². The molecule has 39 heavy (non-hydrogen) atoms. The summed E-state index contributed by atoms with van der Waals surface area (Å²) in [5, 5.41) is 5.58. The number of fused-ring (bicyclic) bond motifs is 1. The Morgan fingerprint density at radius 1 is 0.821 bits per heavy atom. The number of hydrogen-bond acceptors (Lipinski definition) is 5. The number of amides is 1. The van der Waals surface area contributed by atoms with Crippen LogP contribution in [0.3, 0.4) is 0 Å². The molecule has 9 heteroatoms. The van der Waals surface area contributed by atoms with E-state index >= 15 is 0 Å². The van der Waals surface area contributed by atoms with Crippen LogP contribution in [0.5, 0.6) is 0 Å². The van der Waals surface area contributed by atoms with Crippen molar-refractivity contribution in [3.05, 3.63) is 113 Å². The summed E-state index contributed by atoms with van der Waals surface area (Å²) in [6.07, 6.45) is 0.542. The lowest BCUT2D eigenvalue weighted by atomic mass is 10.1. The molecule has 196 valence electrons. The third kappa shape index (κ3) is 4.95. The number of piperazine rings is 1. The first-order chi connectivity index (χ1) is 19.0. The number of aryl methyl sites for hydroxylation is 1. The van der Waals surface area contributed by atoms with Crippen LogP contribution in [0, 0.1) is 18.6 Å². The van der Waals surface area contributed by atoms with Gasteiger partial charge in [0.05, 0.1) is 16.8 Å². The first-order valence-electron chi connectivity index (χ1n) is 12.8. The van der Waals surface area contributed by atoms with E-state index in [-0.39, 0.29) is 17.5 Å². The Labute approximate surface area is 224 Å². The normalized spacial score (nSPS) is 13.7. The van der Waals surface area contributed by atoms with Gasteiger partial charge in [0.25, 0.3) is 5.91 Å². The van der Waals surface area contributed by atoms with Crippen LogP contribution in [0.25, 0.3) is 16.7 Å². The molecule has 0 N–H and O–H groups in total. The molecule has 7 nitrogen and oxygen atoms in total. The van der Waals surface area contributed by atoms with Gasteiger partial charge in [0, 0.05) is 38.2 Å². The fourth-order valence-electron chi connectivity index (χ4n) is 4.95. The number of aromatic nitrogens is 4. The zero-order valence-electron chi connectivity index (χ0n) is 21.4. The van der Waals surface area contributed by atoms with Crippen molar-refractivity contribution in [1.82, 2.24) is 24.6 Å². The van der Waals surface area contributed by atoms with E-state index in [0.29, 0.717) is 55.3 Å². The molecule has 0 bridgehead atoms. The molecule has 3 aromatic carbocycles. The standard InChI is InChI=1S/C30H26F2N6O/c1-20-27-28(36-15-17-37(18-16-36)30(39)22-7-9-23(31)10-8-22)33-26(19-21-5-3-2-4-6-21)34-29(27)38(35-20)25-13-11-24(32)12-14-25/h2-14H,15-19H2,1H3. The van der Waals surface area contributed by atoms with E-state index in [4.69, 9.17) is 15.1 Å². The highest BCUT2D eigenvalue weighted by molar-refractivity contribution is 5.95. The molecule has 1 amide bonds. The summed E-state index contributed by atoms with van der Waals surface area (Å²) in [5.41, 5.74) is 3.68. The molecular weight excluding hydrogens is 498 g/mol. The van der Waals surface area contributed by atoms with Crippen LogP contribution in [0.4, 0.5) is 14.6 Å². The fraction of sp³-hybridized carbons (Fsp3) is 0.200. The van der Waals surface area contributed by atoms with Crippen molar-refractivity contribution in [3.8, 4) is 5.69 Å². The van der Waals surface area contributed by atoms with E-state index in [1.807, 2.05) is 37.3 Å². The monoisotopic (exact) mass is 524 g/mol. The smallest absolute Gasteiger partial charge is 0.253 e. The second-order valence-corrected chi connectivity index (χ2v) is 9.58. The number of carbonyl (C=O) groups is 1. The lowest BCUT2D eigenvalue weighted by molar-refractivity contribution is 0.0746. The van der Waals surface area contributed by atoms with Crippen LogP contribution >= 0.6 is 0 Å². The molecule has 5 aromatic rings. The van der Waals surface area contributed by atoms with Crippen molar-refractivity contribution in [2.45, 2.75) is 13.3 Å². The second-order valence-electron chi connectivity index (χ2n) is 9.58. The van der Waals surface area contributed by atoms with E-state index in [1.54, 1.807) is 21.7 Å². The molecule has 3 heterocycles. The maximum absolute atomic E-state index is 13.6. The predicted octanol–water partition coefficient (Wildman–Crippen LogP) is 4.96. The predicted molar refractivity (Wildman–Crippen MR) is 145 cm³/mol. The molecule has 2 aromatic heterocycles. The van der Waals surface area contributed by atoms with E-state index in [0.717, 1.165) is 22.5 Å². The molecule has 1 aliphatic heterocycles. The number of rotatable bonds is 5. The SMILES string of the molecule is Cc1nn(-c2ccc(F)cc2)c2nc(Cc3ccccc3)nc(N3CCN(C(=O)c4ccc(F)cc4)CC3)c12. The maximum Gasteiger partial charge on any atom is 0.253 e. The molecular formula is C30H26F2N6O. The van der Waals surface area contributed by atoms with Gasteiger partial charge >= 0.3 is 0 Å². The van der Waals surface area contributed by atoms with Gasteiger partial charge in [-0.3, -0.25) is 4.79 Å². The lowest BCUT2D eigenvalue weighted by Crippen LogP contribution is -2.49. The lowest BCUT2D eigenvalue weighted by Gasteiger charge is -2.35. The minimum absolute atomic E-state index is 0.118. The topological polar surface area (TPSA) is 67.2 Å². The minimum Gasteiger partial charge on any atom is -0.352 e. The highest BCUT2D eigenvalue weighted by atomic mass is 19.1. The Morgan fingerprint density at radius 3 is 2.13 bits per heavy atom. The molecule has 1 fully saturated rings. The summed E-state index contributed by atoms with van der Waals surface area (Å²) >= 11 is 0. The van der Waals surface area contributed by atoms with E-state index in [1.165, 1.54) is 36.4 Å². The van der Waals surface area contributed by atoms with Crippen LogP contribution in [0.15, 0.2) is 78.9 Å². The first kappa shape index (κ1) is 24.7. The molecule has 0 unspecified atom stereocenters. The largest absolute Gasteiger partial charge is 0.352 e. The minimum atomic E-state index is -0.369. The number of carbonyl (C=O) groups excluding carboxylic acids is 1. The summed E-state index contributed by atoms with van der Waals surface area (Å²) in [5.74, 6) is 0.613. The van der Waals surface area contributed by atoms with Gasteiger partial charge in [0.1, 0.15) is 23.3 Å². The van der Waals surface area contributed by atoms with Crippen molar-refractivity contribution in [1.29, 1.82) is 0 Å². The quantitative estimate of drug-likeness (QED) is 0.325. The Bertz CT molecular complexity index is 1630. The van der Waals surface area contributed by atoms with Gasteiger partial charge in [0.2, 0.25) is 0 Å². The Hall–Kier alpha value is -4.66. The summed E-state index contributed by atoms with van der Waals surface area (Å²) in [4.78, 5) is 26.8. The number of hydrogen-bond donors (Lipinski definition) is 0. The summed E-state index contributed by atoms with van der Waals surface area (Å²) in [6, 6.07) is 21.8. The number of anilines is 1. The van der Waals surface area contributed by atoms with Crippen molar-refractivity contribution in [3.63, 3.8) is 0 Å². The van der Waals surface area contributed by atoms with E-state index < -0.39 is 0 Å². The average Bonchev–Trinajstić information content (AvgIpc) is 3.30. The number of halogens is 2.